The summed E-state index contributed by atoms with van der Waals surface area (Å²) in [6.07, 6.45) is 0.536. The van der Waals surface area contributed by atoms with Gasteiger partial charge in [-0.3, -0.25) is 4.79 Å². The fourth-order valence-corrected chi connectivity index (χ4v) is 5.43. The zero-order chi connectivity index (χ0) is 16.5. The standard InChI is InChI=1S/C18H17FO3S/c19-17-9-5-4-8-16(17)18(12-10-14(20)11-13-18)23(21,22)15-6-2-1-3-7-15/h1-9H,10-13H2. The first-order valence-electron chi connectivity index (χ1n) is 7.54. The van der Waals surface area contributed by atoms with E-state index in [0.29, 0.717) is 0 Å². The molecule has 1 aliphatic rings. The van der Waals surface area contributed by atoms with E-state index in [0.717, 1.165) is 0 Å². The van der Waals surface area contributed by atoms with Crippen molar-refractivity contribution in [2.45, 2.75) is 35.3 Å². The molecule has 3 nitrogen and oxygen atoms in total. The van der Waals surface area contributed by atoms with Crippen molar-refractivity contribution in [2.75, 3.05) is 0 Å². The molecule has 2 aromatic carbocycles. The molecular weight excluding hydrogens is 315 g/mol. The third-order valence-corrected chi connectivity index (χ3v) is 7.10. The van der Waals surface area contributed by atoms with E-state index in [1.807, 2.05) is 0 Å². The van der Waals surface area contributed by atoms with Crippen molar-refractivity contribution < 1.29 is 17.6 Å². The number of benzene rings is 2. The normalized spacial score (nSPS) is 17.9. The molecule has 0 bridgehead atoms. The number of halogens is 1. The summed E-state index contributed by atoms with van der Waals surface area (Å²) in [5.41, 5.74) is 0.163. The number of sulfone groups is 1. The van der Waals surface area contributed by atoms with Gasteiger partial charge in [0.05, 0.1) is 4.90 Å². The maximum absolute atomic E-state index is 14.4. The van der Waals surface area contributed by atoms with Crippen LogP contribution in [0.1, 0.15) is 31.2 Å². The van der Waals surface area contributed by atoms with Gasteiger partial charge in [0.15, 0.2) is 9.84 Å². The first-order chi connectivity index (χ1) is 11.0. The summed E-state index contributed by atoms with van der Waals surface area (Å²) < 4.78 is 39.6. The van der Waals surface area contributed by atoms with E-state index in [1.165, 1.54) is 30.3 Å². The summed E-state index contributed by atoms with van der Waals surface area (Å²) >= 11 is 0. The van der Waals surface area contributed by atoms with Gasteiger partial charge in [0.2, 0.25) is 0 Å². The Morgan fingerprint density at radius 1 is 0.870 bits per heavy atom. The lowest BCUT2D eigenvalue weighted by atomic mass is 9.82. The first kappa shape index (κ1) is 15.9. The number of hydrogen-bond acceptors (Lipinski definition) is 3. The van der Waals surface area contributed by atoms with Crippen molar-refractivity contribution in [3.05, 3.63) is 66.0 Å². The van der Waals surface area contributed by atoms with E-state index in [4.69, 9.17) is 0 Å². The highest BCUT2D eigenvalue weighted by molar-refractivity contribution is 7.92. The number of carbonyl (C=O) groups excluding carboxylic acids is 1. The highest BCUT2D eigenvalue weighted by atomic mass is 32.2. The van der Waals surface area contributed by atoms with Gasteiger partial charge >= 0.3 is 0 Å². The summed E-state index contributed by atoms with van der Waals surface area (Å²) in [6, 6.07) is 14.0. The fourth-order valence-electron chi connectivity index (χ4n) is 3.27. The topological polar surface area (TPSA) is 51.2 Å². The van der Waals surface area contributed by atoms with Crippen LogP contribution in [0.3, 0.4) is 0 Å². The second-order valence-electron chi connectivity index (χ2n) is 5.83. The molecule has 23 heavy (non-hydrogen) atoms. The molecule has 2 aromatic rings. The van der Waals surface area contributed by atoms with Crippen molar-refractivity contribution >= 4 is 15.6 Å². The Balaban J connectivity index is 2.22. The molecule has 1 aliphatic carbocycles. The Hall–Kier alpha value is -2.01. The van der Waals surface area contributed by atoms with Gasteiger partial charge in [0, 0.05) is 18.4 Å². The lowest BCUT2D eigenvalue weighted by Crippen LogP contribution is -2.40. The van der Waals surface area contributed by atoms with Gasteiger partial charge < -0.3 is 0 Å². The summed E-state index contributed by atoms with van der Waals surface area (Å²) in [5, 5.41) is 0. The largest absolute Gasteiger partial charge is 0.300 e. The van der Waals surface area contributed by atoms with Gasteiger partial charge in [-0.25, -0.2) is 12.8 Å². The average molecular weight is 332 g/mol. The minimum Gasteiger partial charge on any atom is -0.300 e. The van der Waals surface area contributed by atoms with Crippen molar-refractivity contribution in [2.24, 2.45) is 0 Å². The van der Waals surface area contributed by atoms with Gasteiger partial charge in [0.1, 0.15) is 16.3 Å². The third-order valence-electron chi connectivity index (χ3n) is 4.55. The Kier molecular flexibility index (Phi) is 4.06. The quantitative estimate of drug-likeness (QED) is 0.862. The second-order valence-corrected chi connectivity index (χ2v) is 8.09. The Morgan fingerprint density at radius 3 is 2.04 bits per heavy atom. The third kappa shape index (κ3) is 2.59. The van der Waals surface area contributed by atoms with E-state index < -0.39 is 20.4 Å². The van der Waals surface area contributed by atoms with Gasteiger partial charge in [-0.1, -0.05) is 36.4 Å². The minimum absolute atomic E-state index is 0.0280. The van der Waals surface area contributed by atoms with Gasteiger partial charge in [-0.15, -0.1) is 0 Å². The number of Topliss-reactive ketones (excluding diaryl/α,β-unsaturated/α-hetero) is 1. The van der Waals surface area contributed by atoms with Gasteiger partial charge in [-0.2, -0.15) is 0 Å². The van der Waals surface area contributed by atoms with Crippen molar-refractivity contribution in [1.29, 1.82) is 0 Å². The van der Waals surface area contributed by atoms with Crippen molar-refractivity contribution in [3.63, 3.8) is 0 Å². The van der Waals surface area contributed by atoms with Crippen LogP contribution in [0.4, 0.5) is 4.39 Å². The van der Waals surface area contributed by atoms with E-state index in [-0.39, 0.29) is 41.9 Å². The smallest absolute Gasteiger partial charge is 0.188 e. The maximum atomic E-state index is 14.4. The fraction of sp³-hybridized carbons (Fsp3) is 0.278. The summed E-state index contributed by atoms with van der Waals surface area (Å²) in [5.74, 6) is -0.512. The molecule has 0 saturated heterocycles. The molecule has 0 radical (unpaired) electrons. The highest BCUT2D eigenvalue weighted by Gasteiger charge is 2.49. The molecule has 0 heterocycles. The van der Waals surface area contributed by atoms with Gasteiger partial charge in [-0.05, 0) is 31.0 Å². The number of hydrogen-bond donors (Lipinski definition) is 0. The van der Waals surface area contributed by atoms with Crippen LogP contribution in [-0.2, 0) is 19.4 Å². The highest BCUT2D eigenvalue weighted by Crippen LogP contribution is 2.46. The van der Waals surface area contributed by atoms with Crippen LogP contribution in [0.5, 0.6) is 0 Å². The maximum Gasteiger partial charge on any atom is 0.188 e. The van der Waals surface area contributed by atoms with E-state index in [1.54, 1.807) is 24.3 Å². The van der Waals surface area contributed by atoms with Crippen LogP contribution in [-0.4, -0.2) is 14.2 Å². The number of rotatable bonds is 3. The molecule has 0 aliphatic heterocycles. The zero-order valence-corrected chi connectivity index (χ0v) is 13.4. The van der Waals surface area contributed by atoms with Crippen LogP contribution >= 0.6 is 0 Å². The molecule has 3 rings (SSSR count). The monoisotopic (exact) mass is 332 g/mol. The molecule has 0 unspecified atom stereocenters. The molecule has 1 fully saturated rings. The summed E-state index contributed by atoms with van der Waals surface area (Å²) in [6.45, 7) is 0. The second kappa shape index (κ2) is 5.89. The van der Waals surface area contributed by atoms with Crippen LogP contribution in [0.15, 0.2) is 59.5 Å². The summed E-state index contributed by atoms with van der Waals surface area (Å²) in [7, 11) is -3.81. The number of carbonyl (C=O) groups is 1. The van der Waals surface area contributed by atoms with Crippen molar-refractivity contribution in [3.8, 4) is 0 Å². The molecule has 1 saturated carbocycles. The lowest BCUT2D eigenvalue weighted by molar-refractivity contribution is -0.120. The number of ketones is 1. The Morgan fingerprint density at radius 2 is 1.43 bits per heavy atom. The molecule has 5 heteroatoms. The molecule has 120 valence electrons. The molecular formula is C18H17FO3S. The van der Waals surface area contributed by atoms with Crippen LogP contribution < -0.4 is 0 Å². The predicted octanol–water partition coefficient (Wildman–Crippen LogP) is 3.64. The minimum atomic E-state index is -3.81. The zero-order valence-electron chi connectivity index (χ0n) is 12.5. The predicted molar refractivity (Wildman–Crippen MR) is 85.2 cm³/mol. The average Bonchev–Trinajstić information content (AvgIpc) is 2.57. The molecule has 0 N–H and O–H groups in total. The lowest BCUT2D eigenvalue weighted by Gasteiger charge is -2.36. The summed E-state index contributed by atoms with van der Waals surface area (Å²) in [4.78, 5) is 11.8. The Bertz CT molecular complexity index is 818. The van der Waals surface area contributed by atoms with Gasteiger partial charge in [0.25, 0.3) is 0 Å². The SMILES string of the molecule is O=C1CCC(c2ccccc2F)(S(=O)(=O)c2ccccc2)CC1. The van der Waals surface area contributed by atoms with Crippen LogP contribution in [0.25, 0.3) is 0 Å². The molecule has 0 atom stereocenters. The van der Waals surface area contributed by atoms with E-state index in [2.05, 4.69) is 0 Å². The van der Waals surface area contributed by atoms with E-state index >= 15 is 0 Å². The molecule has 0 aromatic heterocycles. The molecule has 0 amide bonds. The van der Waals surface area contributed by atoms with E-state index in [9.17, 15) is 17.6 Å². The van der Waals surface area contributed by atoms with Crippen LogP contribution in [0, 0.1) is 5.82 Å². The van der Waals surface area contributed by atoms with Crippen LogP contribution in [0.2, 0.25) is 0 Å². The first-order valence-corrected chi connectivity index (χ1v) is 9.02. The van der Waals surface area contributed by atoms with Crippen molar-refractivity contribution in [1.82, 2.24) is 0 Å². The molecule has 0 spiro atoms. The Labute approximate surface area is 135 Å².